The van der Waals surface area contributed by atoms with Crippen molar-refractivity contribution in [3.05, 3.63) is 84.4 Å². The first-order valence-electron chi connectivity index (χ1n) is 14.8. The molecular formula is C32H35N7O7. The Morgan fingerprint density at radius 1 is 1.04 bits per heavy atom. The number of fused-ring (bicyclic) bond motifs is 2. The van der Waals surface area contributed by atoms with E-state index in [9.17, 15) is 19.2 Å². The van der Waals surface area contributed by atoms with Crippen molar-refractivity contribution >= 4 is 23.6 Å². The predicted octanol–water partition coefficient (Wildman–Crippen LogP) is 1.96. The summed E-state index contributed by atoms with van der Waals surface area (Å²) in [5, 5.41) is 8.46. The first kappa shape index (κ1) is 31.8. The van der Waals surface area contributed by atoms with Crippen LogP contribution in [0.15, 0.2) is 71.9 Å². The monoisotopic (exact) mass is 629 g/mol. The van der Waals surface area contributed by atoms with E-state index < -0.39 is 17.9 Å². The largest absolute Gasteiger partial charge is 0.497 e. The van der Waals surface area contributed by atoms with Crippen LogP contribution < -0.4 is 25.4 Å². The maximum absolute atomic E-state index is 13.7. The van der Waals surface area contributed by atoms with Gasteiger partial charge in [-0.2, -0.15) is 0 Å². The van der Waals surface area contributed by atoms with Crippen molar-refractivity contribution < 1.29 is 33.1 Å². The summed E-state index contributed by atoms with van der Waals surface area (Å²) >= 11 is 0. The van der Waals surface area contributed by atoms with Gasteiger partial charge >= 0.3 is 0 Å². The summed E-state index contributed by atoms with van der Waals surface area (Å²) in [6, 6.07) is 12.7. The van der Waals surface area contributed by atoms with E-state index in [1.165, 1.54) is 17.6 Å². The fraction of sp³-hybridized carbons (Fsp3) is 0.312. The van der Waals surface area contributed by atoms with Crippen LogP contribution in [0, 0.1) is 0 Å². The van der Waals surface area contributed by atoms with E-state index >= 15 is 0 Å². The Labute approximate surface area is 264 Å². The lowest BCUT2D eigenvalue weighted by molar-refractivity contribution is -0.123. The van der Waals surface area contributed by atoms with Crippen LogP contribution in [0.1, 0.15) is 39.4 Å². The van der Waals surface area contributed by atoms with Crippen LogP contribution in [0.25, 0.3) is 11.3 Å². The molecule has 14 heteroatoms. The average Bonchev–Trinajstić information content (AvgIpc) is 3.78. The van der Waals surface area contributed by atoms with Crippen LogP contribution in [-0.2, 0) is 16.0 Å². The molecule has 0 unspecified atom stereocenters. The van der Waals surface area contributed by atoms with Gasteiger partial charge in [0, 0.05) is 42.5 Å². The highest BCUT2D eigenvalue weighted by atomic mass is 16.5. The molecule has 0 spiro atoms. The summed E-state index contributed by atoms with van der Waals surface area (Å²) in [7, 11) is 1.56. The van der Waals surface area contributed by atoms with Gasteiger partial charge in [0.2, 0.25) is 11.8 Å². The molecule has 1 atom stereocenters. The highest BCUT2D eigenvalue weighted by Crippen LogP contribution is 2.26. The number of carbonyl (C=O) groups excluding carboxylic acids is 4. The zero-order valence-corrected chi connectivity index (χ0v) is 25.3. The van der Waals surface area contributed by atoms with Gasteiger partial charge < -0.3 is 39.7 Å². The lowest BCUT2D eigenvalue weighted by Crippen LogP contribution is -2.48. The number of hydrogen-bond acceptors (Lipinski definition) is 9. The second-order valence-electron chi connectivity index (χ2n) is 10.5. The standard InChI is InChI=1S/C32H35N7O7/c1-44-24-9-7-21(8-10-24)29-28(37-20-46-29)32(43)39-13-3-2-11-35-31(42)26(16-23-17-33-19-36-23)38-30(41)22-5-4-6-25(15-22)45-14-12-34-27(40)18-39/h4-10,15,17,19-20,26H,2-3,11-14,16,18H2,1H3,(H,33,36)(H,34,40)(H,35,42)(H,38,41)/t26-/m0/s1. The number of carbonyl (C=O) groups is 4. The normalized spacial score (nSPS) is 16.9. The Bertz CT molecular complexity index is 1640. The van der Waals surface area contributed by atoms with Crippen LogP contribution in [0.3, 0.4) is 0 Å². The molecule has 0 radical (unpaired) electrons. The number of nitrogens with one attached hydrogen (secondary N) is 4. The fourth-order valence-corrected chi connectivity index (χ4v) is 4.89. The molecule has 2 aromatic heterocycles. The molecular weight excluding hydrogens is 594 g/mol. The number of methoxy groups -OCH3 is 1. The predicted molar refractivity (Wildman–Crippen MR) is 165 cm³/mol. The third kappa shape index (κ3) is 8.28. The molecule has 46 heavy (non-hydrogen) atoms. The van der Waals surface area contributed by atoms with Crippen molar-refractivity contribution in [2.24, 2.45) is 0 Å². The van der Waals surface area contributed by atoms with Gasteiger partial charge in [0.25, 0.3) is 11.8 Å². The fourth-order valence-electron chi connectivity index (χ4n) is 4.89. The van der Waals surface area contributed by atoms with E-state index in [1.807, 2.05) is 0 Å². The number of nitrogens with zero attached hydrogens (tertiary/aromatic N) is 3. The van der Waals surface area contributed by atoms with Crippen LogP contribution in [0.2, 0.25) is 0 Å². The Balaban J connectivity index is 1.32. The first-order chi connectivity index (χ1) is 22.4. The number of amides is 4. The molecule has 5 rings (SSSR count). The van der Waals surface area contributed by atoms with Crippen LogP contribution in [-0.4, -0.2) is 89.4 Å². The Morgan fingerprint density at radius 2 is 1.89 bits per heavy atom. The van der Waals surface area contributed by atoms with Crippen LogP contribution in [0.5, 0.6) is 11.5 Å². The summed E-state index contributed by atoms with van der Waals surface area (Å²) in [5.74, 6) is -0.318. The molecule has 3 heterocycles. The van der Waals surface area contributed by atoms with Crippen LogP contribution >= 0.6 is 0 Å². The number of aromatic nitrogens is 3. The van der Waals surface area contributed by atoms with Gasteiger partial charge in [-0.15, -0.1) is 0 Å². The summed E-state index contributed by atoms with van der Waals surface area (Å²) < 4.78 is 16.5. The summed E-state index contributed by atoms with van der Waals surface area (Å²) in [6.07, 6.45) is 5.48. The van der Waals surface area contributed by atoms with E-state index in [0.717, 1.165) is 0 Å². The number of ether oxygens (including phenoxy) is 2. The highest BCUT2D eigenvalue weighted by molar-refractivity contribution is 5.99. The third-order valence-corrected chi connectivity index (χ3v) is 7.29. The van der Waals surface area contributed by atoms with Crippen LogP contribution in [0.4, 0.5) is 0 Å². The van der Waals surface area contributed by atoms with Gasteiger partial charge in [0.05, 0.1) is 26.5 Å². The van der Waals surface area contributed by atoms with E-state index in [2.05, 4.69) is 30.9 Å². The van der Waals surface area contributed by atoms with Crippen molar-refractivity contribution in [2.75, 3.05) is 39.9 Å². The Kier molecular flexibility index (Phi) is 10.6. The summed E-state index contributed by atoms with van der Waals surface area (Å²) in [6.45, 7) is 0.574. The first-order valence-corrected chi connectivity index (χ1v) is 14.8. The molecule has 240 valence electrons. The second-order valence-corrected chi connectivity index (χ2v) is 10.5. The maximum Gasteiger partial charge on any atom is 0.276 e. The molecule has 1 aliphatic heterocycles. The average molecular weight is 630 g/mol. The third-order valence-electron chi connectivity index (χ3n) is 7.29. The van der Waals surface area contributed by atoms with Gasteiger partial charge in [-0.3, -0.25) is 19.2 Å². The quantitative estimate of drug-likeness (QED) is 0.257. The molecule has 4 aromatic rings. The van der Waals surface area contributed by atoms with Gasteiger partial charge in [0.1, 0.15) is 24.1 Å². The maximum atomic E-state index is 13.7. The Hall–Kier alpha value is -5.66. The van der Waals surface area contributed by atoms with Gasteiger partial charge in [0.15, 0.2) is 17.8 Å². The van der Waals surface area contributed by atoms with Gasteiger partial charge in [-0.1, -0.05) is 6.07 Å². The van der Waals surface area contributed by atoms with E-state index in [0.29, 0.717) is 41.2 Å². The number of imidazole rings is 1. The van der Waals surface area contributed by atoms with E-state index in [4.69, 9.17) is 13.9 Å². The number of benzene rings is 2. The van der Waals surface area contributed by atoms with Crippen molar-refractivity contribution in [2.45, 2.75) is 25.3 Å². The number of rotatable bonds is 5. The molecule has 2 bridgehead atoms. The molecule has 0 fully saturated rings. The molecule has 4 N–H and O–H groups in total. The lowest BCUT2D eigenvalue weighted by Gasteiger charge is -2.22. The number of aromatic amines is 1. The molecule has 0 saturated heterocycles. The topological polar surface area (TPSA) is 181 Å². The van der Waals surface area contributed by atoms with Crippen molar-refractivity contribution in [1.82, 2.24) is 35.8 Å². The molecule has 1 aliphatic rings. The highest BCUT2D eigenvalue weighted by Gasteiger charge is 2.26. The minimum absolute atomic E-state index is 0.0743. The van der Waals surface area contributed by atoms with Crippen molar-refractivity contribution in [1.29, 1.82) is 0 Å². The number of H-pyrrole nitrogens is 1. The zero-order valence-electron chi connectivity index (χ0n) is 25.3. The zero-order chi connectivity index (χ0) is 32.3. The molecule has 4 amide bonds. The van der Waals surface area contributed by atoms with Gasteiger partial charge in [-0.25, -0.2) is 9.97 Å². The number of oxazole rings is 1. The second kappa shape index (κ2) is 15.4. The smallest absolute Gasteiger partial charge is 0.276 e. The summed E-state index contributed by atoms with van der Waals surface area (Å²) in [4.78, 5) is 65.5. The summed E-state index contributed by atoms with van der Waals surface area (Å²) in [5.41, 5.74) is 1.70. The van der Waals surface area contributed by atoms with E-state index in [-0.39, 0.29) is 62.5 Å². The van der Waals surface area contributed by atoms with Crippen molar-refractivity contribution in [3.8, 4) is 22.8 Å². The molecule has 0 aliphatic carbocycles. The van der Waals surface area contributed by atoms with Crippen molar-refractivity contribution in [3.63, 3.8) is 0 Å². The molecule has 2 aromatic carbocycles. The minimum atomic E-state index is -0.872. The minimum Gasteiger partial charge on any atom is -0.497 e. The van der Waals surface area contributed by atoms with E-state index in [1.54, 1.807) is 61.8 Å². The molecule has 0 saturated carbocycles. The SMILES string of the molecule is COc1ccc(-c2ocnc2C(=O)N2CCCCNC(=O)[C@H](Cc3cnc[nH]3)NC(=O)c3cccc(c3)OCCNC(=O)C2)cc1. The lowest BCUT2D eigenvalue weighted by atomic mass is 10.1. The van der Waals surface area contributed by atoms with Gasteiger partial charge in [-0.05, 0) is 55.3 Å². The molecule has 14 nitrogen and oxygen atoms in total. The number of hydrogen-bond donors (Lipinski definition) is 4. The Morgan fingerprint density at radius 3 is 2.67 bits per heavy atom.